The van der Waals surface area contributed by atoms with Crippen molar-refractivity contribution < 1.29 is 9.90 Å². The molecule has 1 heterocycles. The lowest BCUT2D eigenvalue weighted by molar-refractivity contribution is -0.140. The van der Waals surface area contributed by atoms with Gasteiger partial charge in [0.25, 0.3) is 0 Å². The highest BCUT2D eigenvalue weighted by Crippen LogP contribution is 2.25. The van der Waals surface area contributed by atoms with Crippen molar-refractivity contribution in [1.29, 1.82) is 0 Å². The molecule has 4 heteroatoms. The van der Waals surface area contributed by atoms with Gasteiger partial charge in [-0.2, -0.15) is 0 Å². The maximum absolute atomic E-state index is 11.1. The average Bonchev–Trinajstić information content (AvgIpc) is 2.46. The number of aromatic nitrogens is 1. The zero-order valence-electron chi connectivity index (χ0n) is 11.5. The number of nitrogens with zero attached hydrogens (tertiary/aromatic N) is 2. The van der Waals surface area contributed by atoms with Gasteiger partial charge in [0.05, 0.1) is 17.1 Å². The number of pyridine rings is 1. The zero-order valence-corrected chi connectivity index (χ0v) is 11.5. The van der Waals surface area contributed by atoms with Crippen LogP contribution in [0.15, 0.2) is 49.2 Å². The summed E-state index contributed by atoms with van der Waals surface area (Å²) in [6, 6.07) is 9.81. The highest BCUT2D eigenvalue weighted by molar-refractivity contribution is 5.90. The van der Waals surface area contributed by atoms with Crippen molar-refractivity contribution in [2.75, 3.05) is 18.0 Å². The first kappa shape index (κ1) is 14.1. The van der Waals surface area contributed by atoms with E-state index in [0.29, 0.717) is 13.1 Å². The lowest BCUT2D eigenvalue weighted by Crippen LogP contribution is -2.32. The van der Waals surface area contributed by atoms with Crippen LogP contribution in [-0.2, 0) is 4.79 Å². The summed E-state index contributed by atoms with van der Waals surface area (Å²) in [6.45, 7) is 6.47. The van der Waals surface area contributed by atoms with Gasteiger partial charge in [0.1, 0.15) is 0 Å². The molecule has 0 saturated heterocycles. The van der Waals surface area contributed by atoms with Crippen molar-refractivity contribution in [3.8, 4) is 0 Å². The summed E-state index contributed by atoms with van der Waals surface area (Å²) in [7, 11) is 0. The van der Waals surface area contributed by atoms with Crippen LogP contribution in [0.2, 0.25) is 0 Å². The van der Waals surface area contributed by atoms with Crippen molar-refractivity contribution >= 4 is 22.6 Å². The topological polar surface area (TPSA) is 53.4 Å². The smallest absolute Gasteiger partial charge is 0.308 e. The Morgan fingerprint density at radius 1 is 1.45 bits per heavy atom. The van der Waals surface area contributed by atoms with Crippen LogP contribution in [-0.4, -0.2) is 29.1 Å². The predicted molar refractivity (Wildman–Crippen MR) is 81.0 cm³/mol. The predicted octanol–water partition coefficient (Wildman–Crippen LogP) is 2.95. The van der Waals surface area contributed by atoms with Gasteiger partial charge in [-0.3, -0.25) is 9.78 Å². The van der Waals surface area contributed by atoms with Crippen LogP contribution in [0, 0.1) is 5.92 Å². The van der Waals surface area contributed by atoms with Crippen molar-refractivity contribution in [2.24, 2.45) is 5.92 Å². The molecular weight excluding hydrogens is 252 g/mol. The largest absolute Gasteiger partial charge is 0.481 e. The fraction of sp³-hybridized carbons (Fsp3) is 0.250. The van der Waals surface area contributed by atoms with Crippen molar-refractivity contribution in [3.05, 3.63) is 49.2 Å². The molecule has 0 aliphatic rings. The van der Waals surface area contributed by atoms with Gasteiger partial charge in [0, 0.05) is 24.7 Å². The standard InChI is InChI=1S/C16H18N2O2/c1-3-10-18(11-12(2)16(19)20)14-8-4-6-13-7-5-9-17-15(13)14/h3-9,12H,1,10-11H2,2H3,(H,19,20). The molecule has 0 bridgehead atoms. The first-order valence-electron chi connectivity index (χ1n) is 6.56. The Hall–Kier alpha value is -2.36. The molecule has 2 aromatic rings. The van der Waals surface area contributed by atoms with Crippen LogP contribution in [0.3, 0.4) is 0 Å². The Morgan fingerprint density at radius 2 is 2.20 bits per heavy atom. The number of carboxylic acid groups (broad SMARTS) is 1. The molecule has 104 valence electrons. The maximum atomic E-state index is 11.1. The maximum Gasteiger partial charge on any atom is 0.308 e. The van der Waals surface area contributed by atoms with Gasteiger partial charge >= 0.3 is 5.97 Å². The molecule has 0 radical (unpaired) electrons. The first-order chi connectivity index (χ1) is 9.63. The molecule has 0 spiro atoms. The van der Waals surface area contributed by atoms with Gasteiger partial charge in [-0.05, 0) is 12.1 Å². The SMILES string of the molecule is C=CCN(CC(C)C(=O)O)c1cccc2cccnc12. The van der Waals surface area contributed by atoms with Gasteiger partial charge < -0.3 is 10.0 Å². The van der Waals surface area contributed by atoms with E-state index in [1.54, 1.807) is 19.2 Å². The molecule has 2 rings (SSSR count). The molecule has 0 aliphatic heterocycles. The van der Waals surface area contributed by atoms with Crippen LogP contribution < -0.4 is 4.90 Å². The Morgan fingerprint density at radius 3 is 2.90 bits per heavy atom. The first-order valence-corrected chi connectivity index (χ1v) is 6.56. The normalized spacial score (nSPS) is 12.1. The van der Waals surface area contributed by atoms with Gasteiger partial charge in [-0.15, -0.1) is 6.58 Å². The number of aliphatic carboxylic acids is 1. The van der Waals surface area contributed by atoms with Crippen LogP contribution in [0.4, 0.5) is 5.69 Å². The molecule has 1 aromatic heterocycles. The quantitative estimate of drug-likeness (QED) is 0.820. The number of anilines is 1. The van der Waals surface area contributed by atoms with Crippen LogP contribution in [0.5, 0.6) is 0 Å². The second-order valence-electron chi connectivity index (χ2n) is 4.79. The Balaban J connectivity index is 2.41. The van der Waals surface area contributed by atoms with Crippen molar-refractivity contribution in [1.82, 2.24) is 4.98 Å². The molecule has 0 saturated carbocycles. The van der Waals surface area contributed by atoms with E-state index in [1.807, 2.05) is 35.2 Å². The van der Waals surface area contributed by atoms with E-state index >= 15 is 0 Å². The molecule has 0 fully saturated rings. The zero-order chi connectivity index (χ0) is 14.5. The molecule has 1 aromatic carbocycles. The van der Waals surface area contributed by atoms with Gasteiger partial charge in [-0.25, -0.2) is 0 Å². The number of carbonyl (C=O) groups is 1. The number of rotatable bonds is 6. The van der Waals surface area contributed by atoms with Gasteiger partial charge in [-0.1, -0.05) is 31.2 Å². The Bertz CT molecular complexity index is 619. The van der Waals surface area contributed by atoms with E-state index in [9.17, 15) is 4.79 Å². The minimum absolute atomic E-state index is 0.428. The molecule has 4 nitrogen and oxygen atoms in total. The summed E-state index contributed by atoms with van der Waals surface area (Å²) in [5.41, 5.74) is 1.82. The number of hydrogen-bond donors (Lipinski definition) is 1. The average molecular weight is 270 g/mol. The fourth-order valence-electron chi connectivity index (χ4n) is 2.18. The van der Waals surface area contributed by atoms with Gasteiger partial charge in [0.15, 0.2) is 0 Å². The number of hydrogen-bond acceptors (Lipinski definition) is 3. The van der Waals surface area contributed by atoms with E-state index in [1.165, 1.54) is 0 Å². The van der Waals surface area contributed by atoms with Crippen LogP contribution in [0.25, 0.3) is 10.9 Å². The Kier molecular flexibility index (Phi) is 4.35. The number of benzene rings is 1. The highest BCUT2D eigenvalue weighted by atomic mass is 16.4. The van der Waals surface area contributed by atoms with Crippen molar-refractivity contribution in [2.45, 2.75) is 6.92 Å². The number of carboxylic acids is 1. The summed E-state index contributed by atoms with van der Waals surface area (Å²) >= 11 is 0. The van der Waals surface area contributed by atoms with E-state index in [4.69, 9.17) is 5.11 Å². The van der Waals surface area contributed by atoms with E-state index in [0.717, 1.165) is 16.6 Å². The van der Waals surface area contributed by atoms with Gasteiger partial charge in [0.2, 0.25) is 0 Å². The summed E-state index contributed by atoms with van der Waals surface area (Å²) in [6.07, 6.45) is 3.52. The fourth-order valence-corrected chi connectivity index (χ4v) is 2.18. The molecule has 1 N–H and O–H groups in total. The number of fused-ring (bicyclic) bond motifs is 1. The summed E-state index contributed by atoms with van der Waals surface area (Å²) in [5.74, 6) is -1.25. The molecular formula is C16H18N2O2. The molecule has 0 aliphatic carbocycles. The lowest BCUT2D eigenvalue weighted by Gasteiger charge is -2.26. The van der Waals surface area contributed by atoms with E-state index in [-0.39, 0.29) is 0 Å². The monoisotopic (exact) mass is 270 g/mol. The minimum Gasteiger partial charge on any atom is -0.481 e. The highest BCUT2D eigenvalue weighted by Gasteiger charge is 2.17. The second kappa shape index (κ2) is 6.19. The summed E-state index contributed by atoms with van der Waals surface area (Å²) in [4.78, 5) is 17.5. The summed E-state index contributed by atoms with van der Waals surface area (Å²) < 4.78 is 0. The summed E-state index contributed by atoms with van der Waals surface area (Å²) in [5, 5.41) is 10.1. The molecule has 1 atom stereocenters. The third-order valence-electron chi connectivity index (χ3n) is 3.22. The Labute approximate surface area is 118 Å². The van der Waals surface area contributed by atoms with Crippen LogP contribution >= 0.6 is 0 Å². The van der Waals surface area contributed by atoms with E-state index < -0.39 is 11.9 Å². The second-order valence-corrected chi connectivity index (χ2v) is 4.79. The van der Waals surface area contributed by atoms with Crippen molar-refractivity contribution in [3.63, 3.8) is 0 Å². The number of para-hydroxylation sites is 1. The third-order valence-corrected chi connectivity index (χ3v) is 3.22. The van der Waals surface area contributed by atoms with Crippen LogP contribution in [0.1, 0.15) is 6.92 Å². The molecule has 1 unspecified atom stereocenters. The third kappa shape index (κ3) is 2.96. The minimum atomic E-state index is -0.799. The molecule has 20 heavy (non-hydrogen) atoms. The lowest BCUT2D eigenvalue weighted by atomic mass is 10.1. The van der Waals surface area contributed by atoms with E-state index in [2.05, 4.69) is 11.6 Å². The molecule has 0 amide bonds.